The zero-order chi connectivity index (χ0) is 20.4. The third-order valence-corrected chi connectivity index (χ3v) is 8.04. The van der Waals surface area contributed by atoms with Gasteiger partial charge in [-0.2, -0.15) is 4.31 Å². The Kier molecular flexibility index (Phi) is 5.90. The van der Waals surface area contributed by atoms with E-state index in [2.05, 4.69) is 17.3 Å². The van der Waals surface area contributed by atoms with Gasteiger partial charge in [0.1, 0.15) is 0 Å². The van der Waals surface area contributed by atoms with Crippen molar-refractivity contribution in [2.45, 2.75) is 36.6 Å². The summed E-state index contributed by atoms with van der Waals surface area (Å²) in [6, 6.07) is 13.2. The largest absolute Gasteiger partial charge is 0.353 e. The van der Waals surface area contributed by atoms with E-state index in [-0.39, 0.29) is 24.4 Å². The van der Waals surface area contributed by atoms with Crippen molar-refractivity contribution in [3.63, 3.8) is 0 Å². The Hall–Kier alpha value is -1.96. The minimum atomic E-state index is -3.61. The van der Waals surface area contributed by atoms with Crippen molar-refractivity contribution in [1.29, 1.82) is 0 Å². The Labute approximate surface area is 172 Å². The van der Waals surface area contributed by atoms with Crippen LogP contribution in [0.1, 0.15) is 25.7 Å². The lowest BCUT2D eigenvalue weighted by Gasteiger charge is -2.34. The molecule has 2 aliphatic rings. The highest BCUT2D eigenvalue weighted by molar-refractivity contribution is 7.89. The lowest BCUT2D eigenvalue weighted by atomic mass is 9.97. The van der Waals surface area contributed by atoms with Crippen molar-refractivity contribution in [2.75, 3.05) is 33.2 Å². The third-order valence-electron chi connectivity index (χ3n) is 6.18. The van der Waals surface area contributed by atoms with Gasteiger partial charge in [-0.05, 0) is 68.7 Å². The Balaban J connectivity index is 1.45. The number of hydrogen-bond donors (Lipinski definition) is 1. The monoisotopic (exact) mass is 415 g/mol. The standard InChI is InChI=1S/C22H29N3O3S/c1-24-13-10-20(11-14-24)23-22(26)19-7-4-12-25(16-19)29(27,28)21-9-8-17-5-2-3-6-18(17)15-21/h2-3,5-6,8-9,15,19-20H,4,7,10-14,16H2,1H3,(H,23,26)/t19-/m1/s1. The number of carbonyl (C=O) groups excluding carboxylic acids is 1. The van der Waals surface area contributed by atoms with Crippen LogP contribution in [0.3, 0.4) is 0 Å². The first-order valence-electron chi connectivity index (χ1n) is 10.4. The minimum absolute atomic E-state index is 0.00188. The molecule has 2 aliphatic heterocycles. The lowest BCUT2D eigenvalue weighted by molar-refractivity contribution is -0.127. The van der Waals surface area contributed by atoms with Crippen LogP contribution in [0.15, 0.2) is 47.4 Å². The van der Waals surface area contributed by atoms with Crippen LogP contribution < -0.4 is 5.32 Å². The van der Waals surface area contributed by atoms with Crippen molar-refractivity contribution in [3.8, 4) is 0 Å². The van der Waals surface area contributed by atoms with E-state index < -0.39 is 10.0 Å². The number of hydrogen-bond acceptors (Lipinski definition) is 4. The maximum absolute atomic E-state index is 13.2. The summed E-state index contributed by atoms with van der Waals surface area (Å²) in [6.07, 6.45) is 3.35. The van der Waals surface area contributed by atoms with Crippen LogP contribution in [0.5, 0.6) is 0 Å². The highest BCUT2D eigenvalue weighted by Crippen LogP contribution is 2.26. The molecule has 0 aromatic heterocycles. The van der Waals surface area contributed by atoms with Crippen molar-refractivity contribution in [1.82, 2.24) is 14.5 Å². The Morgan fingerprint density at radius 3 is 2.48 bits per heavy atom. The predicted molar refractivity (Wildman–Crippen MR) is 114 cm³/mol. The number of nitrogens with zero attached hydrogens (tertiary/aromatic N) is 2. The molecular formula is C22H29N3O3S. The van der Waals surface area contributed by atoms with Crippen molar-refractivity contribution >= 4 is 26.7 Å². The number of amides is 1. The molecule has 1 atom stereocenters. The molecule has 2 heterocycles. The van der Waals surface area contributed by atoms with Gasteiger partial charge in [0.15, 0.2) is 0 Å². The van der Waals surface area contributed by atoms with E-state index >= 15 is 0 Å². The van der Waals surface area contributed by atoms with Gasteiger partial charge < -0.3 is 10.2 Å². The average molecular weight is 416 g/mol. The molecule has 0 aliphatic carbocycles. The summed E-state index contributed by atoms with van der Waals surface area (Å²) in [5.41, 5.74) is 0. The molecule has 2 aromatic rings. The number of rotatable bonds is 4. The molecule has 4 rings (SSSR count). The third kappa shape index (κ3) is 4.47. The van der Waals surface area contributed by atoms with Crippen molar-refractivity contribution < 1.29 is 13.2 Å². The molecule has 0 unspecified atom stereocenters. The summed E-state index contributed by atoms with van der Waals surface area (Å²) in [4.78, 5) is 15.3. The van der Waals surface area contributed by atoms with Gasteiger partial charge >= 0.3 is 0 Å². The van der Waals surface area contributed by atoms with E-state index in [1.54, 1.807) is 12.1 Å². The summed E-state index contributed by atoms with van der Waals surface area (Å²) in [6.45, 7) is 2.69. The van der Waals surface area contributed by atoms with E-state index in [0.29, 0.717) is 17.9 Å². The van der Waals surface area contributed by atoms with E-state index in [9.17, 15) is 13.2 Å². The predicted octanol–water partition coefficient (Wildman–Crippen LogP) is 2.45. The van der Waals surface area contributed by atoms with Crippen LogP contribution in [0.4, 0.5) is 0 Å². The number of likely N-dealkylation sites (tertiary alicyclic amines) is 1. The molecular weight excluding hydrogens is 386 g/mol. The van der Waals surface area contributed by atoms with Crippen molar-refractivity contribution in [2.24, 2.45) is 5.92 Å². The first-order valence-corrected chi connectivity index (χ1v) is 11.9. The minimum Gasteiger partial charge on any atom is -0.353 e. The molecule has 1 amide bonds. The van der Waals surface area contributed by atoms with Gasteiger partial charge in [0, 0.05) is 19.1 Å². The lowest BCUT2D eigenvalue weighted by Crippen LogP contribution is -2.49. The normalized spacial score (nSPS) is 22.6. The fourth-order valence-electron chi connectivity index (χ4n) is 4.32. The first-order chi connectivity index (χ1) is 13.9. The first kappa shape index (κ1) is 20.3. The fourth-order valence-corrected chi connectivity index (χ4v) is 5.88. The average Bonchev–Trinajstić information content (AvgIpc) is 2.75. The number of nitrogens with one attached hydrogen (secondary N) is 1. The molecule has 0 radical (unpaired) electrons. The van der Waals surface area contributed by atoms with Gasteiger partial charge in [-0.25, -0.2) is 8.42 Å². The zero-order valence-electron chi connectivity index (χ0n) is 16.9. The number of sulfonamides is 1. The van der Waals surface area contributed by atoms with Crippen LogP contribution in [-0.2, 0) is 14.8 Å². The molecule has 0 spiro atoms. The Morgan fingerprint density at radius 2 is 1.72 bits per heavy atom. The maximum atomic E-state index is 13.2. The van der Waals surface area contributed by atoms with Crippen LogP contribution in [0.2, 0.25) is 0 Å². The van der Waals surface area contributed by atoms with Crippen molar-refractivity contribution in [3.05, 3.63) is 42.5 Å². The van der Waals surface area contributed by atoms with Gasteiger partial charge in [0.05, 0.1) is 10.8 Å². The maximum Gasteiger partial charge on any atom is 0.243 e. The van der Waals surface area contributed by atoms with Gasteiger partial charge in [0.2, 0.25) is 15.9 Å². The van der Waals surface area contributed by atoms with E-state index in [1.165, 1.54) is 4.31 Å². The van der Waals surface area contributed by atoms with Crippen LogP contribution in [0, 0.1) is 5.92 Å². The topological polar surface area (TPSA) is 69.7 Å². The van der Waals surface area contributed by atoms with E-state index in [4.69, 9.17) is 0 Å². The smallest absolute Gasteiger partial charge is 0.243 e. The zero-order valence-corrected chi connectivity index (χ0v) is 17.7. The SMILES string of the molecule is CN1CCC(NC(=O)[C@@H]2CCCN(S(=O)(=O)c3ccc4ccccc4c3)C2)CC1. The van der Waals surface area contributed by atoms with E-state index in [0.717, 1.165) is 43.1 Å². The molecule has 0 saturated carbocycles. The fraction of sp³-hybridized carbons (Fsp3) is 0.500. The summed E-state index contributed by atoms with van der Waals surface area (Å²) in [7, 11) is -1.52. The Morgan fingerprint density at radius 1 is 1.00 bits per heavy atom. The second kappa shape index (κ2) is 8.42. The molecule has 6 nitrogen and oxygen atoms in total. The van der Waals surface area contributed by atoms with Crippen LogP contribution in [-0.4, -0.2) is 62.8 Å². The molecule has 2 fully saturated rings. The highest BCUT2D eigenvalue weighted by Gasteiger charge is 2.34. The molecule has 156 valence electrons. The quantitative estimate of drug-likeness (QED) is 0.833. The molecule has 0 bridgehead atoms. The number of piperidine rings is 2. The van der Waals surface area contributed by atoms with Gasteiger partial charge in [-0.3, -0.25) is 4.79 Å². The second-order valence-corrected chi connectivity index (χ2v) is 10.2. The molecule has 7 heteroatoms. The molecule has 1 N–H and O–H groups in total. The summed E-state index contributed by atoms with van der Waals surface area (Å²) >= 11 is 0. The van der Waals surface area contributed by atoms with E-state index in [1.807, 2.05) is 30.3 Å². The molecule has 2 aromatic carbocycles. The summed E-state index contributed by atoms with van der Waals surface area (Å²) < 4.78 is 27.9. The van der Waals surface area contributed by atoms with Gasteiger partial charge in [-0.15, -0.1) is 0 Å². The highest BCUT2D eigenvalue weighted by atomic mass is 32.2. The summed E-state index contributed by atoms with van der Waals surface area (Å²) in [5.74, 6) is -0.281. The molecule has 29 heavy (non-hydrogen) atoms. The van der Waals surface area contributed by atoms with Gasteiger partial charge in [-0.1, -0.05) is 30.3 Å². The number of carbonyl (C=O) groups is 1. The summed E-state index contributed by atoms with van der Waals surface area (Å²) in [5, 5.41) is 5.08. The molecule has 2 saturated heterocycles. The number of fused-ring (bicyclic) bond motifs is 1. The van der Waals surface area contributed by atoms with Crippen LogP contribution >= 0.6 is 0 Å². The number of benzene rings is 2. The van der Waals surface area contributed by atoms with Gasteiger partial charge in [0.25, 0.3) is 0 Å². The Bertz CT molecular complexity index is 984. The van der Waals surface area contributed by atoms with Crippen LogP contribution in [0.25, 0.3) is 10.8 Å². The second-order valence-electron chi connectivity index (χ2n) is 8.30.